The van der Waals surface area contributed by atoms with Crippen molar-refractivity contribution in [2.75, 3.05) is 0 Å². The molecule has 62 valence electrons. The molecule has 1 aromatic carbocycles. The predicted molar refractivity (Wildman–Crippen MR) is 49.1 cm³/mol. The quantitative estimate of drug-likeness (QED) is 0.532. The second-order valence-corrected chi connectivity index (χ2v) is 3.45. The van der Waals surface area contributed by atoms with E-state index in [0.717, 1.165) is 22.9 Å². The summed E-state index contributed by atoms with van der Waals surface area (Å²) in [6.07, 6.45) is 0. The molecule has 0 radical (unpaired) electrons. The van der Waals surface area contributed by atoms with Gasteiger partial charge < -0.3 is 5.11 Å². The Morgan fingerprint density at radius 2 is 2.08 bits per heavy atom. The van der Waals surface area contributed by atoms with Crippen LogP contribution in [0.15, 0.2) is 17.0 Å². The maximum atomic E-state index is 9.48. The van der Waals surface area contributed by atoms with Gasteiger partial charge in [-0.2, -0.15) is 5.26 Å². The molecule has 0 aliphatic carbocycles. The first-order valence-corrected chi connectivity index (χ1v) is 4.33. The van der Waals surface area contributed by atoms with Gasteiger partial charge in [0.15, 0.2) is 0 Å². The van der Waals surface area contributed by atoms with E-state index in [1.807, 2.05) is 25.3 Å². The highest BCUT2D eigenvalue weighted by Crippen LogP contribution is 2.31. The highest BCUT2D eigenvalue weighted by Gasteiger charge is 2.04. The lowest BCUT2D eigenvalue weighted by Crippen LogP contribution is -1.81. The van der Waals surface area contributed by atoms with Gasteiger partial charge in [-0.1, -0.05) is 6.07 Å². The van der Waals surface area contributed by atoms with Gasteiger partial charge in [-0.25, -0.2) is 0 Å². The van der Waals surface area contributed by atoms with Gasteiger partial charge in [0.05, 0.1) is 4.90 Å². The third-order valence-corrected chi connectivity index (χ3v) is 2.19. The Bertz CT molecular complexity index is 341. The lowest BCUT2D eigenvalue weighted by molar-refractivity contribution is 0.458. The molecular formula is C9H9NOS. The molecule has 12 heavy (non-hydrogen) atoms. The lowest BCUT2D eigenvalue weighted by atomic mass is 10.1. The first kappa shape index (κ1) is 8.95. The van der Waals surface area contributed by atoms with Gasteiger partial charge in [0.1, 0.15) is 11.2 Å². The van der Waals surface area contributed by atoms with Crippen LogP contribution in [0.5, 0.6) is 5.75 Å². The van der Waals surface area contributed by atoms with E-state index in [-0.39, 0.29) is 5.75 Å². The van der Waals surface area contributed by atoms with Crippen LogP contribution >= 0.6 is 11.8 Å². The third-order valence-electron chi connectivity index (χ3n) is 1.57. The summed E-state index contributed by atoms with van der Waals surface area (Å²) >= 11 is 0.986. The number of nitrogens with zero attached hydrogens (tertiary/aromatic N) is 1. The van der Waals surface area contributed by atoms with Crippen molar-refractivity contribution in [3.63, 3.8) is 0 Å². The zero-order valence-electron chi connectivity index (χ0n) is 6.96. The number of aryl methyl sites for hydroxylation is 2. The Morgan fingerprint density at radius 3 is 2.67 bits per heavy atom. The summed E-state index contributed by atoms with van der Waals surface area (Å²) in [5.74, 6) is 0.215. The molecule has 0 saturated heterocycles. The monoisotopic (exact) mass is 179 g/mol. The fourth-order valence-corrected chi connectivity index (χ4v) is 1.65. The molecule has 2 nitrogen and oxygen atoms in total. The fourth-order valence-electron chi connectivity index (χ4n) is 1.05. The van der Waals surface area contributed by atoms with Crippen LogP contribution < -0.4 is 0 Å². The Labute approximate surface area is 75.8 Å². The van der Waals surface area contributed by atoms with Gasteiger partial charge in [0, 0.05) is 0 Å². The SMILES string of the molecule is Cc1cc(C)c(O)c(SC#N)c1. The molecule has 0 bridgehead atoms. The van der Waals surface area contributed by atoms with Gasteiger partial charge in [-0.05, 0) is 42.8 Å². The highest BCUT2D eigenvalue weighted by molar-refractivity contribution is 8.03. The van der Waals surface area contributed by atoms with Gasteiger partial charge in [-0.3, -0.25) is 0 Å². The molecule has 0 amide bonds. The molecule has 0 aliphatic heterocycles. The van der Waals surface area contributed by atoms with E-state index in [0.29, 0.717) is 4.90 Å². The van der Waals surface area contributed by atoms with E-state index in [2.05, 4.69) is 0 Å². The van der Waals surface area contributed by atoms with E-state index < -0.39 is 0 Å². The van der Waals surface area contributed by atoms with Crippen LogP contribution in [0.3, 0.4) is 0 Å². The van der Waals surface area contributed by atoms with Crippen LogP contribution in [0.4, 0.5) is 0 Å². The standard InChI is InChI=1S/C9H9NOS/c1-6-3-7(2)9(11)8(4-6)12-5-10/h3-4,11H,1-2H3. The molecule has 3 heteroatoms. The molecule has 0 heterocycles. The summed E-state index contributed by atoms with van der Waals surface area (Å²) in [4.78, 5) is 0.634. The summed E-state index contributed by atoms with van der Waals surface area (Å²) in [6, 6.07) is 3.69. The number of phenols is 1. The number of hydrogen-bond acceptors (Lipinski definition) is 3. The average Bonchev–Trinajstić information content (AvgIpc) is 2.00. The molecule has 1 rings (SSSR count). The van der Waals surface area contributed by atoms with Crippen molar-refractivity contribution < 1.29 is 5.11 Å². The van der Waals surface area contributed by atoms with Crippen molar-refractivity contribution in [2.45, 2.75) is 18.7 Å². The zero-order chi connectivity index (χ0) is 9.14. The number of rotatable bonds is 1. The summed E-state index contributed by atoms with van der Waals surface area (Å²) < 4.78 is 0. The van der Waals surface area contributed by atoms with Crippen molar-refractivity contribution in [1.82, 2.24) is 0 Å². The minimum Gasteiger partial charge on any atom is -0.506 e. The molecule has 1 aromatic rings. The van der Waals surface area contributed by atoms with E-state index in [1.54, 1.807) is 6.07 Å². The largest absolute Gasteiger partial charge is 0.506 e. The van der Waals surface area contributed by atoms with Crippen molar-refractivity contribution in [3.8, 4) is 11.2 Å². The molecule has 0 atom stereocenters. The molecule has 0 spiro atoms. The number of hydrogen-bond donors (Lipinski definition) is 1. The molecule has 0 fully saturated rings. The smallest absolute Gasteiger partial charge is 0.138 e. The van der Waals surface area contributed by atoms with Gasteiger partial charge >= 0.3 is 0 Å². The predicted octanol–water partition coefficient (Wildman–Crippen LogP) is 2.58. The fraction of sp³-hybridized carbons (Fsp3) is 0.222. The van der Waals surface area contributed by atoms with Crippen LogP contribution in [0.1, 0.15) is 11.1 Å². The topological polar surface area (TPSA) is 44.0 Å². The van der Waals surface area contributed by atoms with Crippen molar-refractivity contribution in [2.24, 2.45) is 0 Å². The third kappa shape index (κ3) is 1.72. The second-order valence-electron chi connectivity index (χ2n) is 2.62. The van der Waals surface area contributed by atoms with Crippen LogP contribution in [0.2, 0.25) is 0 Å². The van der Waals surface area contributed by atoms with Crippen LogP contribution in [0.25, 0.3) is 0 Å². The van der Waals surface area contributed by atoms with Gasteiger partial charge in [0.2, 0.25) is 0 Å². The number of thioether (sulfide) groups is 1. The first-order chi connectivity index (χ1) is 5.65. The van der Waals surface area contributed by atoms with Crippen molar-refractivity contribution in [3.05, 3.63) is 23.3 Å². The Kier molecular flexibility index (Phi) is 2.61. The summed E-state index contributed by atoms with van der Waals surface area (Å²) in [5, 5.41) is 19.8. The van der Waals surface area contributed by atoms with E-state index in [4.69, 9.17) is 5.26 Å². The van der Waals surface area contributed by atoms with Gasteiger partial charge in [0.25, 0.3) is 0 Å². The molecule has 0 aliphatic rings. The van der Waals surface area contributed by atoms with Gasteiger partial charge in [-0.15, -0.1) is 0 Å². The minimum atomic E-state index is 0.215. The molecular weight excluding hydrogens is 170 g/mol. The Balaban J connectivity index is 3.20. The minimum absolute atomic E-state index is 0.215. The number of thiocyanates is 1. The Hall–Kier alpha value is -1.14. The average molecular weight is 179 g/mol. The lowest BCUT2D eigenvalue weighted by Gasteiger charge is -2.04. The van der Waals surface area contributed by atoms with Crippen LogP contribution in [0, 0.1) is 24.5 Å². The maximum absolute atomic E-state index is 9.48. The number of nitriles is 1. The number of benzene rings is 1. The molecule has 0 saturated carbocycles. The summed E-state index contributed by atoms with van der Waals surface area (Å²) in [7, 11) is 0. The Morgan fingerprint density at radius 1 is 1.42 bits per heavy atom. The zero-order valence-corrected chi connectivity index (χ0v) is 7.77. The van der Waals surface area contributed by atoms with E-state index in [1.165, 1.54) is 0 Å². The van der Waals surface area contributed by atoms with Crippen LogP contribution in [-0.4, -0.2) is 5.11 Å². The van der Waals surface area contributed by atoms with Crippen molar-refractivity contribution >= 4 is 11.8 Å². The number of phenolic OH excluding ortho intramolecular Hbond substituents is 1. The van der Waals surface area contributed by atoms with E-state index in [9.17, 15) is 5.11 Å². The van der Waals surface area contributed by atoms with E-state index >= 15 is 0 Å². The normalized spacial score (nSPS) is 9.42. The molecule has 0 unspecified atom stereocenters. The maximum Gasteiger partial charge on any atom is 0.138 e. The van der Waals surface area contributed by atoms with Crippen LogP contribution in [-0.2, 0) is 0 Å². The summed E-state index contributed by atoms with van der Waals surface area (Å²) in [5.41, 5.74) is 1.87. The van der Waals surface area contributed by atoms with Crippen molar-refractivity contribution in [1.29, 1.82) is 5.26 Å². The second kappa shape index (κ2) is 3.51. The highest BCUT2D eigenvalue weighted by atomic mass is 32.2. The summed E-state index contributed by atoms with van der Waals surface area (Å²) in [6.45, 7) is 3.76. The molecule has 0 aromatic heterocycles. The number of aromatic hydroxyl groups is 1. The molecule has 1 N–H and O–H groups in total. The first-order valence-electron chi connectivity index (χ1n) is 3.51.